The molecule has 1 N–H and O–H groups in total. The molecule has 2 aromatic heterocycles. The second-order valence-electron chi connectivity index (χ2n) is 4.41. The molecular formula is C14H21N3S. The van der Waals surface area contributed by atoms with Gasteiger partial charge in [0.15, 0.2) is 0 Å². The molecule has 0 aliphatic heterocycles. The number of aromatic nitrogens is 2. The number of aryl methyl sites for hydroxylation is 2. The number of hydrogen-bond donors (Lipinski definition) is 1. The minimum Gasteiger partial charge on any atom is -0.312 e. The van der Waals surface area contributed by atoms with Crippen LogP contribution in [0, 0.1) is 0 Å². The van der Waals surface area contributed by atoms with E-state index >= 15 is 0 Å². The van der Waals surface area contributed by atoms with E-state index in [1.165, 1.54) is 15.3 Å². The van der Waals surface area contributed by atoms with E-state index in [-0.39, 0.29) is 0 Å². The van der Waals surface area contributed by atoms with Gasteiger partial charge in [0.25, 0.3) is 0 Å². The first-order valence-electron chi connectivity index (χ1n) is 6.54. The Hall–Kier alpha value is -1.13. The minimum absolute atomic E-state index is 0.393. The maximum absolute atomic E-state index is 4.33. The number of likely N-dealkylation sites (N-methyl/N-ethyl adjacent to an activating group) is 1. The minimum atomic E-state index is 0.393. The lowest BCUT2D eigenvalue weighted by atomic mass is 10.1. The second-order valence-corrected chi connectivity index (χ2v) is 5.61. The van der Waals surface area contributed by atoms with E-state index in [1.54, 1.807) is 0 Å². The monoisotopic (exact) mass is 263 g/mol. The molecule has 2 heterocycles. The molecule has 0 spiro atoms. The fraction of sp³-hybridized carbons (Fsp3) is 0.500. The fourth-order valence-electron chi connectivity index (χ4n) is 2.04. The summed E-state index contributed by atoms with van der Waals surface area (Å²) in [5.74, 6) is 0. The van der Waals surface area contributed by atoms with Crippen molar-refractivity contribution in [2.75, 3.05) is 7.05 Å². The third kappa shape index (κ3) is 3.00. The van der Waals surface area contributed by atoms with Gasteiger partial charge in [0, 0.05) is 28.5 Å². The smallest absolute Gasteiger partial charge is 0.0522 e. The Morgan fingerprint density at radius 1 is 1.39 bits per heavy atom. The molecule has 0 bridgehead atoms. The van der Waals surface area contributed by atoms with Crippen molar-refractivity contribution < 1.29 is 0 Å². The van der Waals surface area contributed by atoms with Gasteiger partial charge in [-0.05, 0) is 44.5 Å². The highest BCUT2D eigenvalue weighted by Crippen LogP contribution is 2.26. The second kappa shape index (κ2) is 6.16. The van der Waals surface area contributed by atoms with Gasteiger partial charge >= 0.3 is 0 Å². The quantitative estimate of drug-likeness (QED) is 0.868. The molecule has 2 aromatic rings. The summed E-state index contributed by atoms with van der Waals surface area (Å²) >= 11 is 1.91. The van der Waals surface area contributed by atoms with Gasteiger partial charge in [0.1, 0.15) is 0 Å². The van der Waals surface area contributed by atoms with Crippen molar-refractivity contribution in [2.45, 2.75) is 39.3 Å². The molecule has 98 valence electrons. The van der Waals surface area contributed by atoms with Gasteiger partial charge in [-0.25, -0.2) is 0 Å². The Kier molecular flexibility index (Phi) is 4.55. The molecule has 0 saturated carbocycles. The van der Waals surface area contributed by atoms with E-state index in [0.717, 1.165) is 19.4 Å². The number of nitrogens with one attached hydrogen (secondary N) is 1. The Morgan fingerprint density at radius 3 is 2.78 bits per heavy atom. The van der Waals surface area contributed by atoms with E-state index < -0.39 is 0 Å². The van der Waals surface area contributed by atoms with Gasteiger partial charge in [-0.2, -0.15) is 5.10 Å². The van der Waals surface area contributed by atoms with Crippen LogP contribution in [0.4, 0.5) is 0 Å². The lowest BCUT2D eigenvalue weighted by molar-refractivity contribution is 0.600. The zero-order chi connectivity index (χ0) is 13.0. The van der Waals surface area contributed by atoms with E-state index in [0.29, 0.717) is 6.04 Å². The number of thiophene rings is 1. The number of rotatable bonds is 6. The molecule has 0 fully saturated rings. The Labute approximate surface area is 113 Å². The van der Waals surface area contributed by atoms with Crippen LogP contribution < -0.4 is 5.32 Å². The van der Waals surface area contributed by atoms with Crippen molar-refractivity contribution in [3.63, 3.8) is 0 Å². The van der Waals surface area contributed by atoms with Gasteiger partial charge in [0.05, 0.1) is 6.20 Å². The zero-order valence-electron chi connectivity index (χ0n) is 11.3. The lowest BCUT2D eigenvalue weighted by Gasteiger charge is -2.13. The summed E-state index contributed by atoms with van der Waals surface area (Å²) in [5.41, 5.74) is 1.29. The summed E-state index contributed by atoms with van der Waals surface area (Å²) in [7, 11) is 2.03. The van der Waals surface area contributed by atoms with Crippen molar-refractivity contribution in [1.82, 2.24) is 15.1 Å². The molecule has 0 aliphatic rings. The zero-order valence-corrected chi connectivity index (χ0v) is 12.1. The van der Waals surface area contributed by atoms with Gasteiger partial charge in [-0.3, -0.25) is 4.68 Å². The largest absolute Gasteiger partial charge is 0.312 e. The molecule has 0 amide bonds. The molecule has 18 heavy (non-hydrogen) atoms. The third-order valence-corrected chi connectivity index (χ3v) is 4.52. The molecule has 0 radical (unpaired) electrons. The molecule has 1 atom stereocenters. The maximum Gasteiger partial charge on any atom is 0.0522 e. The topological polar surface area (TPSA) is 29.9 Å². The van der Waals surface area contributed by atoms with E-state index in [4.69, 9.17) is 0 Å². The molecule has 4 heteroatoms. The van der Waals surface area contributed by atoms with Gasteiger partial charge < -0.3 is 5.32 Å². The van der Waals surface area contributed by atoms with Crippen molar-refractivity contribution in [3.05, 3.63) is 39.8 Å². The summed E-state index contributed by atoms with van der Waals surface area (Å²) in [6, 6.07) is 4.87. The number of nitrogens with zero attached hydrogens (tertiary/aromatic N) is 2. The van der Waals surface area contributed by atoms with Crippen LogP contribution in [-0.2, 0) is 19.4 Å². The molecule has 0 aromatic carbocycles. The SMILES string of the molecule is CCc1ccc(C(Cc2cnn(CC)c2)NC)s1. The van der Waals surface area contributed by atoms with Gasteiger partial charge in [-0.15, -0.1) is 11.3 Å². The maximum atomic E-state index is 4.33. The average Bonchev–Trinajstić information content (AvgIpc) is 3.04. The van der Waals surface area contributed by atoms with Crippen molar-refractivity contribution in [3.8, 4) is 0 Å². The van der Waals surface area contributed by atoms with E-state index in [2.05, 4.69) is 42.6 Å². The lowest BCUT2D eigenvalue weighted by Crippen LogP contribution is -2.17. The normalized spacial score (nSPS) is 12.8. The van der Waals surface area contributed by atoms with Crippen LogP contribution in [0.5, 0.6) is 0 Å². The number of hydrogen-bond acceptors (Lipinski definition) is 3. The highest BCUT2D eigenvalue weighted by molar-refractivity contribution is 7.12. The third-order valence-electron chi connectivity index (χ3n) is 3.17. The first-order valence-corrected chi connectivity index (χ1v) is 7.35. The van der Waals surface area contributed by atoms with Crippen LogP contribution in [0.2, 0.25) is 0 Å². The summed E-state index contributed by atoms with van der Waals surface area (Å²) in [5, 5.41) is 7.73. The summed E-state index contributed by atoms with van der Waals surface area (Å²) in [4.78, 5) is 2.87. The van der Waals surface area contributed by atoms with Crippen LogP contribution in [0.15, 0.2) is 24.5 Å². The summed E-state index contributed by atoms with van der Waals surface area (Å²) in [6.07, 6.45) is 6.23. The van der Waals surface area contributed by atoms with Crippen LogP contribution in [0.1, 0.15) is 35.2 Å². The first kappa shape index (κ1) is 13.3. The molecule has 0 saturated heterocycles. The van der Waals surface area contributed by atoms with Crippen LogP contribution >= 0.6 is 11.3 Å². The summed E-state index contributed by atoms with van der Waals surface area (Å²) < 4.78 is 1.98. The fourth-order valence-corrected chi connectivity index (χ4v) is 3.10. The van der Waals surface area contributed by atoms with Crippen LogP contribution in [0.3, 0.4) is 0 Å². The van der Waals surface area contributed by atoms with E-state index in [9.17, 15) is 0 Å². The van der Waals surface area contributed by atoms with Crippen molar-refractivity contribution in [1.29, 1.82) is 0 Å². The molecule has 3 nitrogen and oxygen atoms in total. The molecule has 1 unspecified atom stereocenters. The molecular weight excluding hydrogens is 242 g/mol. The standard InChI is InChI=1S/C14H21N3S/c1-4-12-6-7-14(18-12)13(15-3)8-11-9-16-17(5-2)10-11/h6-7,9-10,13,15H,4-5,8H2,1-3H3. The highest BCUT2D eigenvalue weighted by Gasteiger charge is 2.13. The molecule has 2 rings (SSSR count). The van der Waals surface area contributed by atoms with Gasteiger partial charge in [0.2, 0.25) is 0 Å². The summed E-state index contributed by atoms with van der Waals surface area (Å²) in [6.45, 7) is 5.25. The van der Waals surface area contributed by atoms with Crippen LogP contribution in [0.25, 0.3) is 0 Å². The highest BCUT2D eigenvalue weighted by atomic mass is 32.1. The van der Waals surface area contributed by atoms with Crippen molar-refractivity contribution in [2.24, 2.45) is 0 Å². The Morgan fingerprint density at radius 2 is 2.22 bits per heavy atom. The van der Waals surface area contributed by atoms with Crippen LogP contribution in [-0.4, -0.2) is 16.8 Å². The average molecular weight is 263 g/mol. The Balaban J connectivity index is 2.08. The first-order chi connectivity index (χ1) is 8.76. The Bertz CT molecular complexity index is 487. The van der Waals surface area contributed by atoms with Crippen molar-refractivity contribution >= 4 is 11.3 Å². The predicted octanol–water partition coefficient (Wildman–Crippen LogP) is 3.03. The predicted molar refractivity (Wildman–Crippen MR) is 77.1 cm³/mol. The van der Waals surface area contributed by atoms with Gasteiger partial charge in [-0.1, -0.05) is 6.92 Å². The van der Waals surface area contributed by atoms with E-state index in [1.807, 2.05) is 29.3 Å². The molecule has 0 aliphatic carbocycles.